The van der Waals surface area contributed by atoms with Gasteiger partial charge in [-0.05, 0) is 30.9 Å². The summed E-state index contributed by atoms with van der Waals surface area (Å²) >= 11 is 5.78. The highest BCUT2D eigenvalue weighted by Crippen LogP contribution is 2.28. The number of carbonyl (C=O) groups excluding carboxylic acids is 1. The first-order valence-electron chi connectivity index (χ1n) is 7.21. The fourth-order valence-corrected chi connectivity index (χ4v) is 2.70. The van der Waals surface area contributed by atoms with Gasteiger partial charge in [-0.25, -0.2) is 4.98 Å². The van der Waals surface area contributed by atoms with Crippen LogP contribution in [-0.2, 0) is 4.79 Å². The number of amides is 1. The number of anilines is 1. The van der Waals surface area contributed by atoms with E-state index in [1.165, 1.54) is 6.20 Å². The molecule has 1 fully saturated rings. The topological polar surface area (TPSA) is 71.2 Å². The molecule has 1 aliphatic rings. The van der Waals surface area contributed by atoms with Crippen molar-refractivity contribution in [2.75, 3.05) is 18.4 Å². The van der Waals surface area contributed by atoms with Gasteiger partial charge in [0.1, 0.15) is 5.82 Å². The van der Waals surface area contributed by atoms with Crippen LogP contribution in [0, 0.1) is 5.41 Å². The molecule has 2 atom stereocenters. The number of nitrogens with zero attached hydrogens (tertiary/aromatic N) is 2. The molecule has 1 aromatic heterocycles. The van der Waals surface area contributed by atoms with Gasteiger partial charge in [0.15, 0.2) is 0 Å². The summed E-state index contributed by atoms with van der Waals surface area (Å²) in [6.45, 7) is 7.87. The number of halogens is 2. The summed E-state index contributed by atoms with van der Waals surface area (Å²) in [5.74, 6) is 0.459. The molecule has 1 saturated heterocycles. The van der Waals surface area contributed by atoms with Crippen molar-refractivity contribution in [3.8, 4) is 0 Å². The lowest BCUT2D eigenvalue weighted by molar-refractivity contribution is -0.122. The summed E-state index contributed by atoms with van der Waals surface area (Å²) in [5.41, 5.74) is 6.16. The lowest BCUT2D eigenvalue weighted by Gasteiger charge is -2.44. The fraction of sp³-hybridized carbons (Fsp3) is 0.600. The van der Waals surface area contributed by atoms with Gasteiger partial charge in [0, 0.05) is 25.3 Å². The van der Waals surface area contributed by atoms with Gasteiger partial charge in [0.25, 0.3) is 0 Å². The van der Waals surface area contributed by atoms with Crippen LogP contribution >= 0.6 is 24.0 Å². The van der Waals surface area contributed by atoms with E-state index in [2.05, 4.69) is 29.0 Å². The minimum Gasteiger partial charge on any atom is -0.327 e. The molecule has 2 heterocycles. The van der Waals surface area contributed by atoms with Crippen molar-refractivity contribution < 1.29 is 4.79 Å². The summed E-state index contributed by atoms with van der Waals surface area (Å²) in [6.07, 6.45) is 2.43. The van der Waals surface area contributed by atoms with Crippen molar-refractivity contribution in [2.24, 2.45) is 11.1 Å². The zero-order valence-electron chi connectivity index (χ0n) is 13.2. The Bertz CT molecular complexity index is 507. The maximum absolute atomic E-state index is 12.3. The molecule has 0 aromatic carbocycles. The van der Waals surface area contributed by atoms with E-state index in [0.29, 0.717) is 10.8 Å². The third kappa shape index (κ3) is 4.56. The average Bonchev–Trinajstić information content (AvgIpc) is 2.43. The van der Waals surface area contributed by atoms with Gasteiger partial charge >= 0.3 is 0 Å². The van der Waals surface area contributed by atoms with Crippen molar-refractivity contribution in [3.05, 3.63) is 23.4 Å². The number of aromatic nitrogens is 1. The highest BCUT2D eigenvalue weighted by molar-refractivity contribution is 6.30. The van der Waals surface area contributed by atoms with Crippen LogP contribution in [0.1, 0.15) is 27.2 Å². The number of likely N-dealkylation sites (tertiary alicyclic amines) is 1. The molecule has 0 radical (unpaired) electrons. The van der Waals surface area contributed by atoms with Gasteiger partial charge in [0.2, 0.25) is 5.91 Å². The maximum atomic E-state index is 12.3. The van der Waals surface area contributed by atoms with Gasteiger partial charge < -0.3 is 11.1 Å². The number of rotatable bonds is 3. The predicted molar refractivity (Wildman–Crippen MR) is 92.5 cm³/mol. The van der Waals surface area contributed by atoms with Crippen LogP contribution in [0.4, 0.5) is 5.82 Å². The van der Waals surface area contributed by atoms with E-state index in [-0.39, 0.29) is 35.8 Å². The zero-order chi connectivity index (χ0) is 15.6. The summed E-state index contributed by atoms with van der Waals surface area (Å²) < 4.78 is 0. The Kier molecular flexibility index (Phi) is 6.62. The molecule has 0 bridgehead atoms. The largest absolute Gasteiger partial charge is 0.327 e. The Morgan fingerprint density at radius 3 is 2.77 bits per heavy atom. The molecule has 2 rings (SSSR count). The molecule has 1 aromatic rings. The number of nitrogens with one attached hydrogen (secondary N) is 1. The van der Waals surface area contributed by atoms with Crippen molar-refractivity contribution in [3.63, 3.8) is 0 Å². The highest BCUT2D eigenvalue weighted by atomic mass is 35.5. The van der Waals surface area contributed by atoms with Crippen molar-refractivity contribution in [2.45, 2.75) is 39.3 Å². The highest BCUT2D eigenvalue weighted by Gasteiger charge is 2.36. The number of hydrogen-bond donors (Lipinski definition) is 2. The summed E-state index contributed by atoms with van der Waals surface area (Å²) in [5, 5.41) is 3.37. The van der Waals surface area contributed by atoms with Crippen molar-refractivity contribution >= 4 is 35.7 Å². The van der Waals surface area contributed by atoms with E-state index in [1.54, 1.807) is 12.1 Å². The SMILES string of the molecule is CC(C(=O)Nc1ccc(Cl)cn1)N1CCC(N)C(C)(C)C1.Cl. The number of pyridine rings is 1. The van der Waals surface area contributed by atoms with Crippen LogP contribution in [0.15, 0.2) is 18.3 Å². The van der Waals surface area contributed by atoms with Gasteiger partial charge in [-0.2, -0.15) is 0 Å². The molecule has 124 valence electrons. The maximum Gasteiger partial charge on any atom is 0.242 e. The molecular weight excluding hydrogens is 323 g/mol. The van der Waals surface area contributed by atoms with Gasteiger partial charge in [-0.3, -0.25) is 9.69 Å². The number of hydrogen-bond acceptors (Lipinski definition) is 4. The smallest absolute Gasteiger partial charge is 0.242 e. The van der Waals surface area contributed by atoms with Crippen LogP contribution in [0.5, 0.6) is 0 Å². The third-order valence-electron chi connectivity index (χ3n) is 4.25. The van der Waals surface area contributed by atoms with Gasteiger partial charge in [-0.1, -0.05) is 25.4 Å². The second kappa shape index (κ2) is 7.59. The lowest BCUT2D eigenvalue weighted by atomic mass is 9.79. The summed E-state index contributed by atoms with van der Waals surface area (Å²) in [7, 11) is 0. The number of piperidine rings is 1. The molecule has 1 amide bonds. The quantitative estimate of drug-likeness (QED) is 0.882. The molecule has 3 N–H and O–H groups in total. The zero-order valence-corrected chi connectivity index (χ0v) is 14.7. The van der Waals surface area contributed by atoms with E-state index in [1.807, 2.05) is 6.92 Å². The first-order chi connectivity index (χ1) is 9.79. The normalized spacial score (nSPS) is 22.5. The molecule has 2 unspecified atom stereocenters. The first-order valence-corrected chi connectivity index (χ1v) is 7.59. The molecule has 22 heavy (non-hydrogen) atoms. The molecular formula is C15H24Cl2N4O. The second-order valence-electron chi connectivity index (χ2n) is 6.38. The van der Waals surface area contributed by atoms with Crippen molar-refractivity contribution in [1.29, 1.82) is 0 Å². The Hall–Kier alpha value is -0.880. The molecule has 0 saturated carbocycles. The predicted octanol–water partition coefficient (Wildman–Crippen LogP) is 2.54. The van der Waals surface area contributed by atoms with E-state index in [4.69, 9.17) is 17.3 Å². The Balaban J connectivity index is 0.00000242. The summed E-state index contributed by atoms with van der Waals surface area (Å²) in [6, 6.07) is 3.37. The minimum absolute atomic E-state index is 0. The van der Waals surface area contributed by atoms with Crippen LogP contribution in [-0.4, -0.2) is 41.0 Å². The van der Waals surface area contributed by atoms with E-state index in [9.17, 15) is 4.79 Å². The van der Waals surface area contributed by atoms with Gasteiger partial charge in [0.05, 0.1) is 11.1 Å². The lowest BCUT2D eigenvalue weighted by Crippen LogP contribution is -2.56. The average molecular weight is 347 g/mol. The van der Waals surface area contributed by atoms with Crippen LogP contribution in [0.25, 0.3) is 0 Å². The standard InChI is InChI=1S/C15H23ClN4O.ClH/c1-10(20-7-6-12(17)15(2,3)9-20)14(21)19-13-5-4-11(16)8-18-13;/h4-5,8,10,12H,6-7,9,17H2,1-3H3,(H,18,19,21);1H. The molecule has 7 heteroatoms. The first kappa shape index (κ1) is 19.2. The third-order valence-corrected chi connectivity index (χ3v) is 4.47. The van der Waals surface area contributed by atoms with E-state index in [0.717, 1.165) is 19.5 Å². The van der Waals surface area contributed by atoms with Crippen LogP contribution < -0.4 is 11.1 Å². The minimum atomic E-state index is -0.214. The fourth-order valence-electron chi connectivity index (χ4n) is 2.59. The van der Waals surface area contributed by atoms with Gasteiger partial charge in [-0.15, -0.1) is 12.4 Å². The van der Waals surface area contributed by atoms with Crippen LogP contribution in [0.2, 0.25) is 5.02 Å². The molecule has 5 nitrogen and oxygen atoms in total. The Morgan fingerprint density at radius 1 is 1.55 bits per heavy atom. The van der Waals surface area contributed by atoms with E-state index >= 15 is 0 Å². The molecule has 0 aliphatic carbocycles. The Morgan fingerprint density at radius 2 is 2.23 bits per heavy atom. The number of nitrogens with two attached hydrogens (primary N) is 1. The second-order valence-corrected chi connectivity index (χ2v) is 6.82. The van der Waals surface area contributed by atoms with E-state index < -0.39 is 0 Å². The molecule has 1 aliphatic heterocycles. The monoisotopic (exact) mass is 346 g/mol. The Labute approximate surface area is 143 Å². The van der Waals surface area contributed by atoms with Crippen LogP contribution in [0.3, 0.4) is 0 Å². The summed E-state index contributed by atoms with van der Waals surface area (Å²) in [4.78, 5) is 18.6. The molecule has 0 spiro atoms. The van der Waals surface area contributed by atoms with Crippen molar-refractivity contribution in [1.82, 2.24) is 9.88 Å². The number of carbonyl (C=O) groups is 1.